The normalized spacial score (nSPS) is 18.6. The average molecular weight is 290 g/mol. The molecule has 1 saturated heterocycles. The molecule has 1 atom stereocenters. The minimum Gasteiger partial charge on any atom is -0.480 e. The molecule has 0 bridgehead atoms. The van der Waals surface area contributed by atoms with Crippen molar-refractivity contribution in [1.29, 1.82) is 0 Å². The lowest BCUT2D eigenvalue weighted by Crippen LogP contribution is -2.47. The van der Waals surface area contributed by atoms with Crippen LogP contribution in [0.2, 0.25) is 0 Å². The SMILES string of the molecule is CCNC(C(=O)O)C1CCN(Cc2cccc(C)c2)CC1. The third kappa shape index (κ3) is 4.55. The number of likely N-dealkylation sites (tertiary alicyclic amines) is 1. The van der Waals surface area contributed by atoms with Gasteiger partial charge >= 0.3 is 5.97 Å². The Balaban J connectivity index is 1.86. The number of hydrogen-bond acceptors (Lipinski definition) is 3. The van der Waals surface area contributed by atoms with E-state index in [1.807, 2.05) is 6.92 Å². The summed E-state index contributed by atoms with van der Waals surface area (Å²) in [5.41, 5.74) is 2.63. The fourth-order valence-electron chi connectivity index (χ4n) is 3.19. The summed E-state index contributed by atoms with van der Waals surface area (Å²) < 4.78 is 0. The summed E-state index contributed by atoms with van der Waals surface area (Å²) in [6.07, 6.45) is 1.91. The summed E-state index contributed by atoms with van der Waals surface area (Å²) in [6, 6.07) is 8.21. The van der Waals surface area contributed by atoms with Gasteiger partial charge in [-0.3, -0.25) is 9.69 Å². The van der Waals surface area contributed by atoms with Crippen LogP contribution in [0.4, 0.5) is 0 Å². The third-order valence-corrected chi connectivity index (χ3v) is 4.28. The van der Waals surface area contributed by atoms with E-state index in [1.165, 1.54) is 11.1 Å². The van der Waals surface area contributed by atoms with Crippen LogP contribution in [0.1, 0.15) is 30.9 Å². The molecular weight excluding hydrogens is 264 g/mol. The van der Waals surface area contributed by atoms with Crippen LogP contribution in [0.3, 0.4) is 0 Å². The maximum atomic E-state index is 11.3. The quantitative estimate of drug-likeness (QED) is 0.844. The van der Waals surface area contributed by atoms with E-state index >= 15 is 0 Å². The second kappa shape index (κ2) is 7.57. The maximum Gasteiger partial charge on any atom is 0.320 e. The predicted molar refractivity (Wildman–Crippen MR) is 84.3 cm³/mol. The molecule has 116 valence electrons. The van der Waals surface area contributed by atoms with Crippen LogP contribution in [-0.4, -0.2) is 41.7 Å². The Morgan fingerprint density at radius 2 is 2.14 bits per heavy atom. The molecule has 1 heterocycles. The zero-order valence-electron chi connectivity index (χ0n) is 13.0. The monoisotopic (exact) mass is 290 g/mol. The average Bonchev–Trinajstić information content (AvgIpc) is 2.45. The van der Waals surface area contributed by atoms with Gasteiger partial charge in [-0.15, -0.1) is 0 Å². The van der Waals surface area contributed by atoms with Crippen molar-refractivity contribution in [3.8, 4) is 0 Å². The summed E-state index contributed by atoms with van der Waals surface area (Å²) in [4.78, 5) is 13.7. The van der Waals surface area contributed by atoms with Gasteiger partial charge in [-0.2, -0.15) is 0 Å². The van der Waals surface area contributed by atoms with Crippen LogP contribution >= 0.6 is 0 Å². The second-order valence-electron chi connectivity index (χ2n) is 5.98. The number of likely N-dealkylation sites (N-methyl/N-ethyl adjacent to an activating group) is 1. The first-order chi connectivity index (χ1) is 10.1. The summed E-state index contributed by atoms with van der Waals surface area (Å²) >= 11 is 0. The third-order valence-electron chi connectivity index (χ3n) is 4.28. The van der Waals surface area contributed by atoms with Crippen LogP contribution in [0.25, 0.3) is 0 Å². The van der Waals surface area contributed by atoms with E-state index in [4.69, 9.17) is 0 Å². The lowest BCUT2D eigenvalue weighted by atomic mass is 9.89. The van der Waals surface area contributed by atoms with Gasteiger partial charge in [-0.1, -0.05) is 36.8 Å². The lowest BCUT2D eigenvalue weighted by Gasteiger charge is -2.34. The van der Waals surface area contributed by atoms with E-state index < -0.39 is 12.0 Å². The Bertz CT molecular complexity index is 468. The zero-order valence-corrected chi connectivity index (χ0v) is 13.0. The molecule has 2 rings (SSSR count). The van der Waals surface area contributed by atoms with Crippen molar-refractivity contribution in [1.82, 2.24) is 10.2 Å². The standard InChI is InChI=1S/C17H26N2O2/c1-3-18-16(17(20)21)15-7-9-19(10-8-15)12-14-6-4-5-13(2)11-14/h4-6,11,15-16,18H,3,7-10,12H2,1-2H3,(H,20,21). The van der Waals surface area contributed by atoms with Gasteiger partial charge in [0.15, 0.2) is 0 Å². The molecule has 1 aromatic rings. The summed E-state index contributed by atoms with van der Waals surface area (Å²) in [5, 5.41) is 12.4. The number of hydrogen-bond donors (Lipinski definition) is 2. The Hall–Kier alpha value is -1.39. The second-order valence-corrected chi connectivity index (χ2v) is 5.98. The molecule has 21 heavy (non-hydrogen) atoms. The molecule has 4 heteroatoms. The minimum absolute atomic E-state index is 0.246. The molecule has 1 unspecified atom stereocenters. The highest BCUT2D eigenvalue weighted by molar-refractivity contribution is 5.73. The van der Waals surface area contributed by atoms with E-state index in [0.29, 0.717) is 6.54 Å². The van der Waals surface area contributed by atoms with E-state index in [0.717, 1.165) is 32.5 Å². The van der Waals surface area contributed by atoms with Gasteiger partial charge < -0.3 is 10.4 Å². The van der Waals surface area contributed by atoms with E-state index in [2.05, 4.69) is 41.4 Å². The number of nitrogens with zero attached hydrogens (tertiary/aromatic N) is 1. The summed E-state index contributed by atoms with van der Waals surface area (Å²) in [7, 11) is 0. The smallest absolute Gasteiger partial charge is 0.320 e. The lowest BCUT2D eigenvalue weighted by molar-refractivity contribution is -0.141. The number of carboxylic acids is 1. The van der Waals surface area contributed by atoms with Gasteiger partial charge in [0.25, 0.3) is 0 Å². The first-order valence-electron chi connectivity index (χ1n) is 7.84. The number of rotatable bonds is 6. The molecule has 0 aliphatic carbocycles. The van der Waals surface area contributed by atoms with Gasteiger partial charge in [0.05, 0.1) is 0 Å². The van der Waals surface area contributed by atoms with Crippen molar-refractivity contribution in [2.45, 2.75) is 39.3 Å². The van der Waals surface area contributed by atoms with Crippen molar-refractivity contribution in [2.24, 2.45) is 5.92 Å². The number of piperidine rings is 1. The topological polar surface area (TPSA) is 52.6 Å². The first-order valence-corrected chi connectivity index (χ1v) is 7.84. The van der Waals surface area contributed by atoms with Crippen molar-refractivity contribution in [3.05, 3.63) is 35.4 Å². The van der Waals surface area contributed by atoms with Crippen LogP contribution < -0.4 is 5.32 Å². The number of carboxylic acid groups (broad SMARTS) is 1. The fourth-order valence-corrected chi connectivity index (χ4v) is 3.19. The molecule has 0 amide bonds. The Morgan fingerprint density at radius 3 is 2.71 bits per heavy atom. The molecule has 0 aromatic heterocycles. The molecule has 1 aromatic carbocycles. The van der Waals surface area contributed by atoms with Gasteiger partial charge in [-0.05, 0) is 50.9 Å². The molecule has 1 fully saturated rings. The molecule has 1 aliphatic heterocycles. The van der Waals surface area contributed by atoms with Gasteiger partial charge in [0.2, 0.25) is 0 Å². The maximum absolute atomic E-state index is 11.3. The van der Waals surface area contributed by atoms with Gasteiger partial charge in [-0.25, -0.2) is 0 Å². The van der Waals surface area contributed by atoms with Crippen LogP contribution in [0.5, 0.6) is 0 Å². The van der Waals surface area contributed by atoms with Crippen molar-refractivity contribution < 1.29 is 9.90 Å². The fraction of sp³-hybridized carbons (Fsp3) is 0.588. The van der Waals surface area contributed by atoms with Gasteiger partial charge in [0.1, 0.15) is 6.04 Å². The minimum atomic E-state index is -0.714. The molecule has 0 radical (unpaired) electrons. The van der Waals surface area contributed by atoms with E-state index in [1.54, 1.807) is 0 Å². The highest BCUT2D eigenvalue weighted by Gasteiger charge is 2.30. The van der Waals surface area contributed by atoms with Crippen molar-refractivity contribution >= 4 is 5.97 Å². The van der Waals surface area contributed by atoms with Crippen LogP contribution in [0.15, 0.2) is 24.3 Å². The van der Waals surface area contributed by atoms with Gasteiger partial charge in [0, 0.05) is 6.54 Å². The molecule has 0 saturated carbocycles. The molecular formula is C17H26N2O2. The number of aliphatic carboxylic acids is 1. The Kier molecular flexibility index (Phi) is 5.76. The Morgan fingerprint density at radius 1 is 1.43 bits per heavy atom. The largest absolute Gasteiger partial charge is 0.480 e. The number of aryl methyl sites for hydroxylation is 1. The van der Waals surface area contributed by atoms with E-state index in [9.17, 15) is 9.90 Å². The molecule has 1 aliphatic rings. The molecule has 4 nitrogen and oxygen atoms in total. The number of benzene rings is 1. The highest BCUT2D eigenvalue weighted by Crippen LogP contribution is 2.22. The number of nitrogens with one attached hydrogen (secondary N) is 1. The van der Waals surface area contributed by atoms with Crippen LogP contribution in [0, 0.1) is 12.8 Å². The number of carbonyl (C=O) groups is 1. The first kappa shape index (κ1) is 16.0. The van der Waals surface area contributed by atoms with Crippen molar-refractivity contribution in [2.75, 3.05) is 19.6 Å². The molecule has 2 N–H and O–H groups in total. The predicted octanol–water partition coefficient (Wildman–Crippen LogP) is 2.27. The summed E-state index contributed by atoms with van der Waals surface area (Å²) in [6.45, 7) is 7.71. The summed E-state index contributed by atoms with van der Waals surface area (Å²) in [5.74, 6) is -0.467. The van der Waals surface area contributed by atoms with Crippen LogP contribution in [-0.2, 0) is 11.3 Å². The highest BCUT2D eigenvalue weighted by atomic mass is 16.4. The zero-order chi connectivity index (χ0) is 15.2. The van der Waals surface area contributed by atoms with Crippen molar-refractivity contribution in [3.63, 3.8) is 0 Å². The Labute approximate surface area is 127 Å². The molecule has 0 spiro atoms. The van der Waals surface area contributed by atoms with E-state index in [-0.39, 0.29) is 5.92 Å².